The summed E-state index contributed by atoms with van der Waals surface area (Å²) < 4.78 is 7.32. The minimum Gasteiger partial charge on any atom is -0.497 e. The maximum atomic E-state index is 12.0. The summed E-state index contributed by atoms with van der Waals surface area (Å²) in [6.45, 7) is 2.26. The van der Waals surface area contributed by atoms with Gasteiger partial charge >= 0.3 is 5.97 Å². The van der Waals surface area contributed by atoms with Gasteiger partial charge in [0.25, 0.3) is 0 Å². The number of piperidine rings is 1. The van der Waals surface area contributed by atoms with Crippen LogP contribution in [0.15, 0.2) is 48.0 Å². The number of aryl methyl sites for hydroxylation is 1. The number of hydrogen-bond donors (Lipinski definition) is 2. The van der Waals surface area contributed by atoms with Crippen molar-refractivity contribution in [2.45, 2.75) is 30.5 Å². The fourth-order valence-electron chi connectivity index (χ4n) is 4.75. The van der Waals surface area contributed by atoms with E-state index in [-0.39, 0.29) is 5.92 Å². The number of likely N-dealkylation sites (tertiary alicyclic amines) is 1. The third kappa shape index (κ3) is 5.71. The van der Waals surface area contributed by atoms with Crippen LogP contribution in [0.2, 0.25) is 0 Å². The topological polar surface area (TPSA) is 101 Å². The zero-order valence-electron chi connectivity index (χ0n) is 19.6. The number of benzene rings is 1. The predicted molar refractivity (Wildman–Crippen MR) is 132 cm³/mol. The molecule has 0 aliphatic carbocycles. The number of aromatic nitrogens is 3. The average Bonchev–Trinajstić information content (AvgIpc) is 3.26. The molecule has 0 bridgehead atoms. The highest BCUT2D eigenvalue weighted by molar-refractivity contribution is 7.99. The standard InChI is InChI=1S/C25H32N4O4S/c1-28-12-10-27-25(28)34-14-13-29-11-8-17(21(16-29)24(31)32)3-6-23(30)19-7-9-26-22-5-4-18(33-2)15-20(19)22/h4-5,7,9-10,12,15,17,21,23,30H,3,6,8,11,13-14,16H2,1-2H3,(H,31,32)/t17-,21+,23+/m1/s1. The van der Waals surface area contributed by atoms with E-state index in [9.17, 15) is 15.0 Å². The lowest BCUT2D eigenvalue weighted by molar-refractivity contribution is -0.146. The third-order valence-corrected chi connectivity index (χ3v) is 7.76. The molecule has 0 amide bonds. The molecule has 1 saturated heterocycles. The Morgan fingerprint density at radius 2 is 2.15 bits per heavy atom. The molecule has 0 unspecified atom stereocenters. The summed E-state index contributed by atoms with van der Waals surface area (Å²) in [4.78, 5) is 23.0. The number of fused-ring (bicyclic) bond motifs is 1. The molecule has 34 heavy (non-hydrogen) atoms. The molecule has 1 aromatic carbocycles. The van der Waals surface area contributed by atoms with Crippen LogP contribution in [0, 0.1) is 11.8 Å². The number of hydrogen-bond acceptors (Lipinski definition) is 7. The Morgan fingerprint density at radius 3 is 2.88 bits per heavy atom. The van der Waals surface area contributed by atoms with Crippen LogP contribution >= 0.6 is 11.8 Å². The van der Waals surface area contributed by atoms with Crippen molar-refractivity contribution in [1.82, 2.24) is 19.4 Å². The van der Waals surface area contributed by atoms with Crippen molar-refractivity contribution < 1.29 is 19.7 Å². The van der Waals surface area contributed by atoms with Crippen LogP contribution in [0.4, 0.5) is 0 Å². The SMILES string of the molecule is COc1ccc2nccc([C@@H](O)CC[C@@H]3CCN(CCSc4nccn4C)C[C@@H]3C(=O)O)c2c1. The van der Waals surface area contributed by atoms with Gasteiger partial charge in [0.1, 0.15) is 5.75 Å². The Labute approximate surface area is 204 Å². The number of carboxylic acid groups (broad SMARTS) is 1. The van der Waals surface area contributed by atoms with E-state index < -0.39 is 18.0 Å². The number of nitrogens with zero attached hydrogens (tertiary/aromatic N) is 4. The van der Waals surface area contributed by atoms with Crippen molar-refractivity contribution in [3.63, 3.8) is 0 Å². The largest absolute Gasteiger partial charge is 0.497 e. The van der Waals surface area contributed by atoms with Gasteiger partial charge in [0.05, 0.1) is 24.6 Å². The second-order valence-corrected chi connectivity index (χ2v) is 9.90. The van der Waals surface area contributed by atoms with Crippen LogP contribution in [0.3, 0.4) is 0 Å². The van der Waals surface area contributed by atoms with Gasteiger partial charge in [0.15, 0.2) is 5.16 Å². The molecule has 3 heterocycles. The number of aliphatic carboxylic acids is 1. The average molecular weight is 485 g/mol. The number of rotatable bonds is 10. The number of thioether (sulfide) groups is 1. The zero-order chi connectivity index (χ0) is 24.1. The minimum absolute atomic E-state index is 0.0493. The molecule has 1 aliphatic heterocycles. The maximum absolute atomic E-state index is 12.0. The molecule has 3 aromatic rings. The van der Waals surface area contributed by atoms with Crippen molar-refractivity contribution in [2.24, 2.45) is 18.9 Å². The molecule has 4 rings (SSSR count). The summed E-state index contributed by atoms with van der Waals surface area (Å²) in [5, 5.41) is 22.7. The summed E-state index contributed by atoms with van der Waals surface area (Å²) in [7, 11) is 3.59. The van der Waals surface area contributed by atoms with Gasteiger partial charge in [-0.15, -0.1) is 0 Å². The predicted octanol–water partition coefficient (Wildman–Crippen LogP) is 3.61. The number of carboxylic acids is 1. The Balaban J connectivity index is 1.34. The normalized spacial score (nSPS) is 19.9. The number of imidazole rings is 1. The second-order valence-electron chi connectivity index (χ2n) is 8.84. The highest BCUT2D eigenvalue weighted by atomic mass is 32.2. The van der Waals surface area contributed by atoms with Crippen LogP contribution in [-0.4, -0.2) is 68.1 Å². The van der Waals surface area contributed by atoms with E-state index in [1.165, 1.54) is 0 Å². The smallest absolute Gasteiger partial charge is 0.308 e. The summed E-state index contributed by atoms with van der Waals surface area (Å²) >= 11 is 1.69. The molecule has 0 spiro atoms. The van der Waals surface area contributed by atoms with Crippen LogP contribution in [0.1, 0.15) is 30.9 Å². The monoisotopic (exact) mass is 484 g/mol. The van der Waals surface area contributed by atoms with Gasteiger partial charge in [-0.05, 0) is 61.6 Å². The van der Waals surface area contributed by atoms with Crippen LogP contribution < -0.4 is 4.74 Å². The first-order chi connectivity index (χ1) is 16.5. The van der Waals surface area contributed by atoms with Crippen molar-refractivity contribution in [1.29, 1.82) is 0 Å². The van der Waals surface area contributed by atoms with Crippen molar-refractivity contribution >= 4 is 28.6 Å². The van der Waals surface area contributed by atoms with E-state index in [0.717, 1.165) is 46.9 Å². The minimum atomic E-state index is -0.750. The molecular weight excluding hydrogens is 452 g/mol. The first-order valence-corrected chi connectivity index (χ1v) is 12.6. The van der Waals surface area contributed by atoms with Crippen molar-refractivity contribution in [2.75, 3.05) is 32.5 Å². The van der Waals surface area contributed by atoms with Gasteiger partial charge in [-0.3, -0.25) is 9.78 Å². The van der Waals surface area contributed by atoms with Gasteiger partial charge in [0.2, 0.25) is 0 Å². The first kappa shape index (κ1) is 24.5. The maximum Gasteiger partial charge on any atom is 0.308 e. The molecular formula is C25H32N4O4S. The molecule has 9 heteroatoms. The highest BCUT2D eigenvalue weighted by Crippen LogP contribution is 2.34. The van der Waals surface area contributed by atoms with E-state index in [1.54, 1.807) is 31.3 Å². The number of aliphatic hydroxyl groups is 1. The van der Waals surface area contributed by atoms with Gasteiger partial charge in [0, 0.05) is 49.9 Å². The number of ether oxygens (including phenoxy) is 1. The van der Waals surface area contributed by atoms with E-state index in [4.69, 9.17) is 4.74 Å². The van der Waals surface area contributed by atoms with Gasteiger partial charge in [-0.25, -0.2) is 4.98 Å². The number of aliphatic hydroxyl groups excluding tert-OH is 1. The summed E-state index contributed by atoms with van der Waals surface area (Å²) in [6.07, 6.45) is 6.74. The molecule has 0 saturated carbocycles. The second kappa shape index (κ2) is 11.2. The molecule has 1 aliphatic rings. The zero-order valence-corrected chi connectivity index (χ0v) is 20.4. The van der Waals surface area contributed by atoms with Crippen LogP contribution in [0.25, 0.3) is 10.9 Å². The lowest BCUT2D eigenvalue weighted by atomic mass is 9.81. The van der Waals surface area contributed by atoms with Gasteiger partial charge < -0.3 is 24.4 Å². The summed E-state index contributed by atoms with van der Waals surface area (Å²) in [5.74, 6) is 0.467. The fourth-order valence-corrected chi connectivity index (χ4v) is 5.68. The molecule has 3 atom stereocenters. The number of pyridine rings is 1. The Bertz CT molecular complexity index is 1120. The Hall–Kier alpha value is -2.62. The summed E-state index contributed by atoms with van der Waals surface area (Å²) in [5.41, 5.74) is 1.61. The van der Waals surface area contributed by atoms with Gasteiger partial charge in [-0.1, -0.05) is 11.8 Å². The van der Waals surface area contributed by atoms with Crippen molar-refractivity contribution in [3.05, 3.63) is 48.4 Å². The van der Waals surface area contributed by atoms with E-state index in [0.29, 0.717) is 25.1 Å². The van der Waals surface area contributed by atoms with E-state index >= 15 is 0 Å². The molecule has 2 aromatic heterocycles. The highest BCUT2D eigenvalue weighted by Gasteiger charge is 2.34. The Kier molecular flexibility index (Phi) is 8.07. The third-order valence-electron chi connectivity index (χ3n) is 6.73. The van der Waals surface area contributed by atoms with Crippen LogP contribution in [-0.2, 0) is 11.8 Å². The number of methoxy groups -OCH3 is 1. The molecule has 182 valence electrons. The molecule has 8 nitrogen and oxygen atoms in total. The number of carbonyl (C=O) groups is 1. The fraction of sp³-hybridized carbons (Fsp3) is 0.480. The first-order valence-electron chi connectivity index (χ1n) is 11.6. The van der Waals surface area contributed by atoms with E-state index in [2.05, 4.69) is 14.9 Å². The molecule has 0 radical (unpaired) electrons. The Morgan fingerprint density at radius 1 is 1.29 bits per heavy atom. The lowest BCUT2D eigenvalue weighted by Gasteiger charge is -2.36. The van der Waals surface area contributed by atoms with Gasteiger partial charge in [-0.2, -0.15) is 0 Å². The molecule has 1 fully saturated rings. The van der Waals surface area contributed by atoms with Crippen molar-refractivity contribution in [3.8, 4) is 5.75 Å². The van der Waals surface area contributed by atoms with Crippen LogP contribution in [0.5, 0.6) is 5.75 Å². The summed E-state index contributed by atoms with van der Waals surface area (Å²) in [6, 6.07) is 7.46. The van der Waals surface area contributed by atoms with E-state index in [1.807, 2.05) is 42.1 Å². The molecule has 2 N–H and O–H groups in total. The lowest BCUT2D eigenvalue weighted by Crippen LogP contribution is -2.44. The quantitative estimate of drug-likeness (QED) is 0.421.